The summed E-state index contributed by atoms with van der Waals surface area (Å²) in [4.78, 5) is 17.0. The first-order chi connectivity index (χ1) is 16.2. The average molecular weight is 470 g/mol. The number of hydrogen-bond acceptors (Lipinski definition) is 3. The molecule has 0 fully saturated rings. The van der Waals surface area contributed by atoms with Crippen molar-refractivity contribution in [2.75, 3.05) is 13.2 Å². The number of imidazole rings is 1. The van der Waals surface area contributed by atoms with E-state index < -0.39 is 0 Å². The molecule has 0 bridgehead atoms. The highest BCUT2D eigenvalue weighted by Gasteiger charge is 2.10. The van der Waals surface area contributed by atoms with E-state index in [0.717, 1.165) is 30.7 Å². The molecule has 3 aromatic rings. The molecule has 0 atom stereocenters. The predicted octanol–water partition coefficient (Wildman–Crippen LogP) is 6.57. The number of amides is 1. The summed E-state index contributed by atoms with van der Waals surface area (Å²) in [5.74, 6) is 1.61. The molecule has 6 heteroatoms. The Labute approximate surface area is 202 Å². The summed E-state index contributed by atoms with van der Waals surface area (Å²) >= 11 is 5.86. The Hall–Kier alpha value is -2.53. The fraction of sp³-hybridized carbons (Fsp3) is 0.481. The molecule has 5 nitrogen and oxygen atoms in total. The zero-order valence-electron chi connectivity index (χ0n) is 19.7. The highest BCUT2D eigenvalue weighted by Crippen LogP contribution is 2.19. The largest absolute Gasteiger partial charge is 0.484 e. The monoisotopic (exact) mass is 469 g/mol. The van der Waals surface area contributed by atoms with Crippen LogP contribution in [0.4, 0.5) is 0 Å². The minimum atomic E-state index is -0.124. The molecule has 178 valence electrons. The second kappa shape index (κ2) is 13.9. The van der Waals surface area contributed by atoms with E-state index in [-0.39, 0.29) is 12.5 Å². The van der Waals surface area contributed by atoms with Crippen LogP contribution < -0.4 is 10.1 Å². The van der Waals surface area contributed by atoms with Gasteiger partial charge in [0, 0.05) is 24.5 Å². The lowest BCUT2D eigenvalue weighted by Crippen LogP contribution is -2.30. The molecule has 0 saturated heterocycles. The van der Waals surface area contributed by atoms with Gasteiger partial charge in [0.25, 0.3) is 5.91 Å². The second-order valence-corrected chi connectivity index (χ2v) is 8.92. The fourth-order valence-electron chi connectivity index (χ4n) is 4.00. The quantitative estimate of drug-likeness (QED) is 0.256. The molecular formula is C27H36ClN3O2. The Morgan fingerprint density at radius 2 is 1.70 bits per heavy atom. The summed E-state index contributed by atoms with van der Waals surface area (Å²) in [7, 11) is 0. The summed E-state index contributed by atoms with van der Waals surface area (Å²) in [6, 6.07) is 15.4. The van der Waals surface area contributed by atoms with Crippen LogP contribution in [0.15, 0.2) is 48.5 Å². The van der Waals surface area contributed by atoms with Gasteiger partial charge in [0.15, 0.2) is 6.61 Å². The number of para-hydroxylation sites is 2. The van der Waals surface area contributed by atoms with Crippen molar-refractivity contribution in [2.45, 2.75) is 71.3 Å². The number of carbonyl (C=O) groups excluding carboxylic acids is 1. The SMILES string of the molecule is CCCCCCCCCn1c(CCCNC(=O)COc2ccc(Cl)cc2)nc2ccccc21. The van der Waals surface area contributed by atoms with E-state index in [1.54, 1.807) is 24.3 Å². The fourth-order valence-corrected chi connectivity index (χ4v) is 4.12. The molecule has 33 heavy (non-hydrogen) atoms. The first-order valence-corrected chi connectivity index (χ1v) is 12.6. The molecule has 1 heterocycles. The van der Waals surface area contributed by atoms with Crippen molar-refractivity contribution in [3.63, 3.8) is 0 Å². The lowest BCUT2D eigenvalue weighted by Gasteiger charge is -2.10. The van der Waals surface area contributed by atoms with Crippen molar-refractivity contribution in [2.24, 2.45) is 0 Å². The van der Waals surface area contributed by atoms with Crippen LogP contribution in [0.25, 0.3) is 11.0 Å². The van der Waals surface area contributed by atoms with Crippen LogP contribution in [-0.2, 0) is 17.8 Å². The number of ether oxygens (including phenoxy) is 1. The zero-order valence-corrected chi connectivity index (χ0v) is 20.4. The van der Waals surface area contributed by atoms with Crippen LogP contribution in [0, 0.1) is 0 Å². The van der Waals surface area contributed by atoms with E-state index in [1.807, 2.05) is 6.07 Å². The molecule has 1 amide bonds. The number of nitrogens with zero attached hydrogens (tertiary/aromatic N) is 2. The summed E-state index contributed by atoms with van der Waals surface area (Å²) in [6.45, 7) is 3.86. The van der Waals surface area contributed by atoms with Crippen molar-refractivity contribution < 1.29 is 9.53 Å². The van der Waals surface area contributed by atoms with E-state index in [1.165, 1.54) is 50.5 Å². The first kappa shape index (κ1) is 25.1. The van der Waals surface area contributed by atoms with E-state index in [2.05, 4.69) is 35.0 Å². The number of halogens is 1. The Morgan fingerprint density at radius 1 is 0.970 bits per heavy atom. The van der Waals surface area contributed by atoms with Crippen LogP contribution in [-0.4, -0.2) is 28.6 Å². The molecular weight excluding hydrogens is 434 g/mol. The van der Waals surface area contributed by atoms with Crippen LogP contribution >= 0.6 is 11.6 Å². The van der Waals surface area contributed by atoms with Crippen LogP contribution in [0.1, 0.15) is 64.1 Å². The molecule has 2 aromatic carbocycles. The maximum atomic E-state index is 12.1. The Bertz CT molecular complexity index is 985. The van der Waals surface area contributed by atoms with E-state index >= 15 is 0 Å². The third-order valence-corrected chi connectivity index (χ3v) is 6.05. The molecule has 0 aliphatic heterocycles. The number of fused-ring (bicyclic) bond motifs is 1. The summed E-state index contributed by atoms with van der Waals surface area (Å²) in [6.07, 6.45) is 10.8. The van der Waals surface area contributed by atoms with Gasteiger partial charge in [0.2, 0.25) is 0 Å². The number of rotatable bonds is 15. The van der Waals surface area contributed by atoms with Gasteiger partial charge in [-0.2, -0.15) is 0 Å². The highest BCUT2D eigenvalue weighted by molar-refractivity contribution is 6.30. The number of unbranched alkanes of at least 4 members (excludes halogenated alkanes) is 6. The number of aromatic nitrogens is 2. The topological polar surface area (TPSA) is 56.2 Å². The van der Waals surface area contributed by atoms with Gasteiger partial charge in [-0.05, 0) is 49.2 Å². The Balaban J connectivity index is 1.42. The maximum Gasteiger partial charge on any atom is 0.257 e. The van der Waals surface area contributed by atoms with Crippen molar-refractivity contribution >= 4 is 28.5 Å². The molecule has 3 rings (SSSR count). The molecule has 0 unspecified atom stereocenters. The van der Waals surface area contributed by atoms with Gasteiger partial charge in [-0.3, -0.25) is 4.79 Å². The van der Waals surface area contributed by atoms with Gasteiger partial charge >= 0.3 is 0 Å². The van der Waals surface area contributed by atoms with Crippen molar-refractivity contribution in [3.05, 3.63) is 59.4 Å². The number of nitrogens with one attached hydrogen (secondary N) is 1. The van der Waals surface area contributed by atoms with Crippen molar-refractivity contribution in [3.8, 4) is 5.75 Å². The van der Waals surface area contributed by atoms with E-state index in [9.17, 15) is 4.79 Å². The minimum Gasteiger partial charge on any atom is -0.484 e. The Kier molecular flexibility index (Phi) is 10.6. The standard InChI is InChI=1S/C27H36ClN3O2/c1-2-3-4-5-6-7-10-20-31-25-13-9-8-12-24(25)30-26(31)14-11-19-29-27(32)21-33-23-17-15-22(28)16-18-23/h8-9,12-13,15-18H,2-7,10-11,14,19-21H2,1H3,(H,29,32). The maximum absolute atomic E-state index is 12.1. The number of benzene rings is 2. The van der Waals surface area contributed by atoms with Gasteiger partial charge in [0.1, 0.15) is 11.6 Å². The van der Waals surface area contributed by atoms with Gasteiger partial charge in [-0.15, -0.1) is 0 Å². The lowest BCUT2D eigenvalue weighted by molar-refractivity contribution is -0.123. The average Bonchev–Trinajstić information content (AvgIpc) is 3.18. The number of aryl methyl sites for hydroxylation is 2. The van der Waals surface area contributed by atoms with Crippen LogP contribution in [0.2, 0.25) is 5.02 Å². The third kappa shape index (κ3) is 8.39. The predicted molar refractivity (Wildman–Crippen MR) is 136 cm³/mol. The van der Waals surface area contributed by atoms with Gasteiger partial charge in [0.05, 0.1) is 11.0 Å². The second-order valence-electron chi connectivity index (χ2n) is 8.49. The minimum absolute atomic E-state index is 0.00159. The lowest BCUT2D eigenvalue weighted by atomic mass is 10.1. The van der Waals surface area contributed by atoms with Crippen molar-refractivity contribution in [1.82, 2.24) is 14.9 Å². The van der Waals surface area contributed by atoms with E-state index in [0.29, 0.717) is 17.3 Å². The van der Waals surface area contributed by atoms with Crippen LogP contribution in [0.5, 0.6) is 5.75 Å². The Morgan fingerprint density at radius 3 is 2.48 bits per heavy atom. The smallest absolute Gasteiger partial charge is 0.257 e. The highest BCUT2D eigenvalue weighted by atomic mass is 35.5. The first-order valence-electron chi connectivity index (χ1n) is 12.3. The summed E-state index contributed by atoms with van der Waals surface area (Å²) < 4.78 is 7.86. The molecule has 1 aromatic heterocycles. The molecule has 0 aliphatic carbocycles. The van der Waals surface area contributed by atoms with Gasteiger partial charge < -0.3 is 14.6 Å². The summed E-state index contributed by atoms with van der Waals surface area (Å²) in [5, 5.41) is 3.58. The van der Waals surface area contributed by atoms with Gasteiger partial charge in [-0.25, -0.2) is 4.98 Å². The number of carbonyl (C=O) groups is 1. The van der Waals surface area contributed by atoms with Crippen molar-refractivity contribution in [1.29, 1.82) is 0 Å². The summed E-state index contributed by atoms with van der Waals surface area (Å²) in [5.41, 5.74) is 2.26. The van der Waals surface area contributed by atoms with E-state index in [4.69, 9.17) is 21.3 Å². The molecule has 1 N–H and O–H groups in total. The zero-order chi connectivity index (χ0) is 23.3. The molecule has 0 radical (unpaired) electrons. The third-order valence-electron chi connectivity index (χ3n) is 5.80. The molecule has 0 aliphatic rings. The van der Waals surface area contributed by atoms with Crippen LogP contribution in [0.3, 0.4) is 0 Å². The molecule has 0 spiro atoms. The van der Waals surface area contributed by atoms with Gasteiger partial charge in [-0.1, -0.05) is 69.2 Å². The number of hydrogen-bond donors (Lipinski definition) is 1. The molecule has 0 saturated carbocycles. The normalized spacial score (nSPS) is 11.1.